The Labute approximate surface area is 198 Å². The first-order chi connectivity index (χ1) is 15.4. The molecule has 0 spiro atoms. The lowest BCUT2D eigenvalue weighted by Crippen LogP contribution is -2.37. The Morgan fingerprint density at radius 3 is 1.97 bits per heavy atom. The van der Waals surface area contributed by atoms with Crippen molar-refractivity contribution < 1.29 is 21.6 Å². The molecule has 11 heteroatoms. The molecule has 0 fully saturated rings. The van der Waals surface area contributed by atoms with Gasteiger partial charge in [-0.05, 0) is 61.0 Å². The fourth-order valence-corrected chi connectivity index (χ4v) is 4.99. The SMILES string of the molecule is Cc1ccc(S(=O)(=O)N(CC(=O)Nc2ccc(S(N)(=O)=O)cc2)Cc2ccc(Cl)cc2)cc1. The summed E-state index contributed by atoms with van der Waals surface area (Å²) in [7, 11) is -7.86. The van der Waals surface area contributed by atoms with E-state index in [4.69, 9.17) is 16.7 Å². The van der Waals surface area contributed by atoms with E-state index >= 15 is 0 Å². The number of hydrogen-bond donors (Lipinski definition) is 2. The van der Waals surface area contributed by atoms with Gasteiger partial charge in [0.25, 0.3) is 0 Å². The molecule has 0 aliphatic carbocycles. The van der Waals surface area contributed by atoms with E-state index < -0.39 is 32.5 Å². The Kier molecular flexibility index (Phi) is 7.55. The number of carbonyl (C=O) groups excluding carboxylic acids is 1. The number of halogens is 1. The summed E-state index contributed by atoms with van der Waals surface area (Å²) in [6.07, 6.45) is 0. The van der Waals surface area contributed by atoms with Gasteiger partial charge in [0, 0.05) is 17.3 Å². The molecule has 174 valence electrons. The van der Waals surface area contributed by atoms with Crippen molar-refractivity contribution in [2.45, 2.75) is 23.3 Å². The minimum absolute atomic E-state index is 0.0504. The number of nitrogens with zero attached hydrogens (tertiary/aromatic N) is 1. The number of aryl methyl sites for hydroxylation is 1. The van der Waals surface area contributed by atoms with Crippen molar-refractivity contribution in [3.05, 3.63) is 88.9 Å². The number of anilines is 1. The second-order valence-corrected chi connectivity index (χ2v) is 11.3. The number of primary sulfonamides is 1. The lowest BCUT2D eigenvalue weighted by molar-refractivity contribution is -0.116. The van der Waals surface area contributed by atoms with Crippen LogP contribution in [0.2, 0.25) is 5.02 Å². The van der Waals surface area contributed by atoms with Crippen LogP contribution in [0, 0.1) is 6.92 Å². The van der Waals surface area contributed by atoms with Gasteiger partial charge in [0.15, 0.2) is 0 Å². The van der Waals surface area contributed by atoms with Gasteiger partial charge in [0.05, 0.1) is 16.3 Å². The number of carbonyl (C=O) groups is 1. The summed E-state index contributed by atoms with van der Waals surface area (Å²) in [6.45, 7) is 1.33. The van der Waals surface area contributed by atoms with Crippen LogP contribution in [0.5, 0.6) is 0 Å². The van der Waals surface area contributed by atoms with Gasteiger partial charge in [-0.1, -0.05) is 41.4 Å². The van der Waals surface area contributed by atoms with Crippen molar-refractivity contribution in [1.82, 2.24) is 4.31 Å². The first-order valence-corrected chi connectivity index (χ1v) is 13.1. The lowest BCUT2D eigenvalue weighted by atomic mass is 10.2. The highest BCUT2D eigenvalue weighted by Gasteiger charge is 2.27. The average Bonchev–Trinajstić information content (AvgIpc) is 2.75. The first kappa shape index (κ1) is 24.9. The van der Waals surface area contributed by atoms with E-state index in [1.54, 1.807) is 36.4 Å². The molecule has 3 aromatic rings. The summed E-state index contributed by atoms with van der Waals surface area (Å²) in [4.78, 5) is 12.7. The molecule has 3 aromatic carbocycles. The second kappa shape index (κ2) is 10.0. The second-order valence-electron chi connectivity index (χ2n) is 7.33. The normalized spacial score (nSPS) is 12.0. The van der Waals surface area contributed by atoms with Crippen molar-refractivity contribution in [2.24, 2.45) is 5.14 Å². The van der Waals surface area contributed by atoms with Crippen LogP contribution in [0.1, 0.15) is 11.1 Å². The molecule has 0 unspecified atom stereocenters. The van der Waals surface area contributed by atoms with Crippen molar-refractivity contribution >= 4 is 43.2 Å². The average molecular weight is 508 g/mol. The van der Waals surface area contributed by atoms with Gasteiger partial charge in [-0.25, -0.2) is 22.0 Å². The van der Waals surface area contributed by atoms with Crippen LogP contribution in [0.25, 0.3) is 0 Å². The Morgan fingerprint density at radius 1 is 0.879 bits per heavy atom. The third kappa shape index (κ3) is 6.62. The number of nitrogens with two attached hydrogens (primary N) is 1. The van der Waals surface area contributed by atoms with Gasteiger partial charge in [0.1, 0.15) is 0 Å². The van der Waals surface area contributed by atoms with Crippen LogP contribution in [0.3, 0.4) is 0 Å². The number of nitrogens with one attached hydrogen (secondary N) is 1. The molecule has 0 heterocycles. The number of amides is 1. The van der Waals surface area contributed by atoms with E-state index in [9.17, 15) is 21.6 Å². The summed E-state index contributed by atoms with van der Waals surface area (Å²) >= 11 is 5.92. The van der Waals surface area contributed by atoms with Crippen LogP contribution < -0.4 is 10.5 Å². The fourth-order valence-electron chi connectivity index (χ4n) is 2.97. The molecule has 0 aromatic heterocycles. The fraction of sp³-hybridized carbons (Fsp3) is 0.136. The van der Waals surface area contributed by atoms with E-state index in [2.05, 4.69) is 5.32 Å². The molecule has 8 nitrogen and oxygen atoms in total. The lowest BCUT2D eigenvalue weighted by Gasteiger charge is -2.22. The third-order valence-electron chi connectivity index (χ3n) is 4.72. The topological polar surface area (TPSA) is 127 Å². The summed E-state index contributed by atoms with van der Waals surface area (Å²) < 4.78 is 50.4. The highest BCUT2D eigenvalue weighted by molar-refractivity contribution is 7.89. The van der Waals surface area contributed by atoms with Crippen molar-refractivity contribution in [3.8, 4) is 0 Å². The minimum Gasteiger partial charge on any atom is -0.325 e. The van der Waals surface area contributed by atoms with E-state index in [0.29, 0.717) is 16.3 Å². The van der Waals surface area contributed by atoms with Crippen LogP contribution in [-0.4, -0.2) is 33.6 Å². The quantitative estimate of drug-likeness (QED) is 0.484. The minimum atomic E-state index is -4.00. The molecule has 0 aliphatic heterocycles. The predicted octanol–water partition coefficient (Wildman–Crippen LogP) is 3.13. The van der Waals surface area contributed by atoms with Crippen LogP contribution in [0.15, 0.2) is 82.6 Å². The van der Waals surface area contributed by atoms with Gasteiger partial charge in [-0.3, -0.25) is 4.79 Å². The van der Waals surface area contributed by atoms with Gasteiger partial charge in [0.2, 0.25) is 26.0 Å². The number of rotatable bonds is 8. The summed E-state index contributed by atoms with van der Waals surface area (Å²) in [6, 6.07) is 18.2. The van der Waals surface area contributed by atoms with Gasteiger partial charge in [-0.2, -0.15) is 4.31 Å². The zero-order valence-corrected chi connectivity index (χ0v) is 20.0. The number of sulfonamides is 2. The zero-order valence-electron chi connectivity index (χ0n) is 17.6. The van der Waals surface area contributed by atoms with Crippen molar-refractivity contribution in [2.75, 3.05) is 11.9 Å². The molecule has 3 N–H and O–H groups in total. The molecule has 0 bridgehead atoms. The summed E-state index contributed by atoms with van der Waals surface area (Å²) in [5.41, 5.74) is 1.85. The van der Waals surface area contributed by atoms with Crippen LogP contribution in [-0.2, 0) is 31.4 Å². The van der Waals surface area contributed by atoms with Gasteiger partial charge < -0.3 is 5.32 Å². The zero-order chi connectivity index (χ0) is 24.2. The first-order valence-electron chi connectivity index (χ1n) is 9.69. The molecule has 0 saturated carbocycles. The molecule has 1 amide bonds. The maximum atomic E-state index is 13.3. The standard InChI is InChI=1S/C22H22ClN3O5S2/c1-16-2-10-21(11-3-16)33(30,31)26(14-17-4-6-18(23)7-5-17)15-22(27)25-19-8-12-20(13-9-19)32(24,28)29/h2-13H,14-15H2,1H3,(H,25,27)(H2,24,28,29). The van der Waals surface area contributed by atoms with Crippen LogP contribution in [0.4, 0.5) is 5.69 Å². The van der Waals surface area contributed by atoms with Crippen molar-refractivity contribution in [1.29, 1.82) is 0 Å². The molecule has 0 atom stereocenters. The van der Waals surface area contributed by atoms with E-state index in [1.165, 1.54) is 36.4 Å². The van der Waals surface area contributed by atoms with E-state index in [-0.39, 0.29) is 16.3 Å². The molecular weight excluding hydrogens is 486 g/mol. The molecule has 33 heavy (non-hydrogen) atoms. The Morgan fingerprint density at radius 2 is 1.42 bits per heavy atom. The van der Waals surface area contributed by atoms with Gasteiger partial charge in [-0.15, -0.1) is 0 Å². The summed E-state index contributed by atoms with van der Waals surface area (Å²) in [5, 5.41) is 8.16. The van der Waals surface area contributed by atoms with Crippen LogP contribution >= 0.6 is 11.6 Å². The maximum Gasteiger partial charge on any atom is 0.243 e. The molecule has 3 rings (SSSR count). The highest BCUT2D eigenvalue weighted by Crippen LogP contribution is 2.21. The molecule has 0 saturated heterocycles. The smallest absolute Gasteiger partial charge is 0.243 e. The number of hydrogen-bond acceptors (Lipinski definition) is 5. The Bertz CT molecular complexity index is 1340. The molecular formula is C22H22ClN3O5S2. The molecule has 0 radical (unpaired) electrons. The largest absolute Gasteiger partial charge is 0.325 e. The Hall–Kier alpha value is -2.76. The Balaban J connectivity index is 1.84. The van der Waals surface area contributed by atoms with Gasteiger partial charge >= 0.3 is 0 Å². The third-order valence-corrected chi connectivity index (χ3v) is 7.70. The maximum absolute atomic E-state index is 13.3. The predicted molar refractivity (Wildman–Crippen MR) is 127 cm³/mol. The van der Waals surface area contributed by atoms with E-state index in [1.807, 2.05) is 6.92 Å². The van der Waals surface area contributed by atoms with E-state index in [0.717, 1.165) is 9.87 Å². The highest BCUT2D eigenvalue weighted by atomic mass is 35.5. The summed E-state index contributed by atoms with van der Waals surface area (Å²) in [5.74, 6) is -0.594. The monoisotopic (exact) mass is 507 g/mol. The van der Waals surface area contributed by atoms with Crippen molar-refractivity contribution in [3.63, 3.8) is 0 Å². The molecule has 0 aliphatic rings. The number of benzene rings is 3.